The van der Waals surface area contributed by atoms with Crippen LogP contribution in [-0.2, 0) is 16.6 Å². The van der Waals surface area contributed by atoms with Gasteiger partial charge in [0.2, 0.25) is 10.0 Å². The summed E-state index contributed by atoms with van der Waals surface area (Å²) in [6.45, 7) is 1.54. The lowest BCUT2D eigenvalue weighted by atomic mass is 10.1. The molecule has 34 heavy (non-hydrogen) atoms. The average molecular weight is 496 g/mol. The van der Waals surface area contributed by atoms with Gasteiger partial charge in [-0.2, -0.15) is 4.31 Å². The van der Waals surface area contributed by atoms with Crippen molar-refractivity contribution in [2.45, 2.75) is 18.4 Å². The van der Waals surface area contributed by atoms with Crippen molar-refractivity contribution in [1.82, 2.24) is 9.29 Å². The summed E-state index contributed by atoms with van der Waals surface area (Å²) in [6, 6.07) is 18.2. The molecule has 0 atom stereocenters. The molecule has 174 valence electrons. The molecule has 2 heterocycles. The van der Waals surface area contributed by atoms with E-state index in [2.05, 4.69) is 10.3 Å². The van der Waals surface area contributed by atoms with Gasteiger partial charge in [-0.15, -0.1) is 0 Å². The summed E-state index contributed by atoms with van der Waals surface area (Å²) >= 11 is 1.09. The third kappa shape index (κ3) is 4.98. The van der Waals surface area contributed by atoms with Crippen LogP contribution in [0.25, 0.3) is 11.3 Å². The first-order valence-electron chi connectivity index (χ1n) is 10.2. The summed E-state index contributed by atoms with van der Waals surface area (Å²) in [5, 5.41) is 2.98. The highest BCUT2D eigenvalue weighted by Crippen LogP contribution is 2.31. The fourth-order valence-corrected chi connectivity index (χ4v) is 5.25. The molecular formula is C24H21N3O5S2. The number of benzene rings is 2. The largest absolute Gasteiger partial charge is 0.468 e. The molecule has 1 amide bonds. The van der Waals surface area contributed by atoms with Crippen molar-refractivity contribution in [3.05, 3.63) is 89.2 Å². The molecule has 0 unspecified atom stereocenters. The molecule has 0 saturated carbocycles. The van der Waals surface area contributed by atoms with Crippen LogP contribution >= 0.6 is 11.3 Å². The molecule has 0 saturated heterocycles. The Morgan fingerprint density at radius 3 is 2.35 bits per heavy atom. The predicted octanol–water partition coefficient (Wildman–Crippen LogP) is 4.68. The topological polar surface area (TPSA) is 110 Å². The van der Waals surface area contributed by atoms with Crippen LogP contribution in [0.15, 0.2) is 82.3 Å². The smallest absolute Gasteiger partial charge is 0.257 e. The van der Waals surface area contributed by atoms with E-state index >= 15 is 0 Å². The number of carbonyl (C=O) groups is 2. The summed E-state index contributed by atoms with van der Waals surface area (Å²) in [6.07, 6.45) is 1.48. The van der Waals surface area contributed by atoms with Crippen LogP contribution in [0.1, 0.15) is 32.7 Å². The Bertz CT molecular complexity index is 1410. The first-order chi connectivity index (χ1) is 16.3. The third-order valence-electron chi connectivity index (χ3n) is 5.00. The number of anilines is 1. The van der Waals surface area contributed by atoms with Crippen molar-refractivity contribution in [1.29, 1.82) is 0 Å². The normalized spacial score (nSPS) is 11.5. The van der Waals surface area contributed by atoms with Gasteiger partial charge in [0.1, 0.15) is 5.76 Å². The number of nitrogens with one attached hydrogen (secondary N) is 1. The molecule has 8 nitrogen and oxygen atoms in total. The number of Topliss-reactive ketones (excluding diaryl/α,β-unsaturated/α-hetero) is 1. The van der Waals surface area contributed by atoms with Gasteiger partial charge in [-0.25, -0.2) is 13.4 Å². The SMILES string of the molecule is CC(=O)c1sc(NC(=O)c2ccc(S(=O)(=O)N(C)Cc3ccco3)cc2)nc1-c1ccccc1. The molecule has 0 bridgehead atoms. The number of amides is 1. The first-order valence-corrected chi connectivity index (χ1v) is 12.5. The van der Waals surface area contributed by atoms with Crippen molar-refractivity contribution in [2.24, 2.45) is 0 Å². The van der Waals surface area contributed by atoms with Gasteiger partial charge in [0, 0.05) is 25.1 Å². The van der Waals surface area contributed by atoms with Gasteiger partial charge in [0.25, 0.3) is 5.91 Å². The highest BCUT2D eigenvalue weighted by atomic mass is 32.2. The monoisotopic (exact) mass is 495 g/mol. The molecule has 4 aromatic rings. The summed E-state index contributed by atoms with van der Waals surface area (Å²) in [4.78, 5) is 29.8. The van der Waals surface area contributed by atoms with Crippen molar-refractivity contribution in [3.63, 3.8) is 0 Å². The van der Waals surface area contributed by atoms with E-state index in [0.717, 1.165) is 16.9 Å². The first kappa shape index (κ1) is 23.6. The Kier molecular flexibility index (Phi) is 6.73. The van der Waals surface area contributed by atoms with Gasteiger partial charge < -0.3 is 4.42 Å². The van der Waals surface area contributed by atoms with E-state index in [9.17, 15) is 18.0 Å². The van der Waals surface area contributed by atoms with Crippen molar-refractivity contribution >= 4 is 38.2 Å². The number of thiazole rings is 1. The molecule has 4 rings (SSSR count). The van der Waals surface area contributed by atoms with Crippen molar-refractivity contribution in [3.8, 4) is 11.3 Å². The lowest BCUT2D eigenvalue weighted by molar-refractivity contribution is 0.101. The Morgan fingerprint density at radius 2 is 1.74 bits per heavy atom. The molecule has 2 aromatic heterocycles. The molecule has 0 fully saturated rings. The Balaban J connectivity index is 1.51. The molecule has 0 aliphatic heterocycles. The number of furan rings is 1. The van der Waals surface area contributed by atoms with E-state index in [1.165, 1.54) is 48.8 Å². The van der Waals surface area contributed by atoms with Crippen LogP contribution < -0.4 is 5.32 Å². The molecule has 0 aliphatic carbocycles. The Hall–Kier alpha value is -3.60. The van der Waals surface area contributed by atoms with E-state index in [-0.39, 0.29) is 27.9 Å². The maximum Gasteiger partial charge on any atom is 0.257 e. The number of aromatic nitrogens is 1. The zero-order valence-electron chi connectivity index (χ0n) is 18.4. The van der Waals surface area contributed by atoms with Crippen LogP contribution in [-0.4, -0.2) is 36.4 Å². The van der Waals surface area contributed by atoms with Gasteiger partial charge in [-0.05, 0) is 36.4 Å². The zero-order chi connectivity index (χ0) is 24.3. The fourth-order valence-electron chi connectivity index (χ4n) is 3.24. The standard InChI is InChI=1S/C24H21N3O5S2/c1-16(28)22-21(17-7-4-3-5-8-17)25-24(33-22)26-23(29)18-10-12-20(13-11-18)34(30,31)27(2)15-19-9-6-14-32-19/h3-14H,15H2,1-2H3,(H,25,26,29). The zero-order valence-corrected chi connectivity index (χ0v) is 20.0. The molecule has 1 N–H and O–H groups in total. The number of sulfonamides is 1. The van der Waals surface area contributed by atoms with Crippen molar-refractivity contribution in [2.75, 3.05) is 12.4 Å². The van der Waals surface area contributed by atoms with Gasteiger partial charge in [0.15, 0.2) is 10.9 Å². The number of hydrogen-bond acceptors (Lipinski definition) is 7. The second kappa shape index (κ2) is 9.72. The van der Waals surface area contributed by atoms with Gasteiger partial charge >= 0.3 is 0 Å². The number of ketones is 1. The van der Waals surface area contributed by atoms with Crippen molar-refractivity contribution < 1.29 is 22.4 Å². The number of hydrogen-bond donors (Lipinski definition) is 1. The Morgan fingerprint density at radius 1 is 1.03 bits per heavy atom. The maximum atomic E-state index is 12.8. The van der Waals surface area contributed by atoms with Gasteiger partial charge in [-0.1, -0.05) is 41.7 Å². The van der Waals surface area contributed by atoms with E-state index in [0.29, 0.717) is 16.3 Å². The highest BCUT2D eigenvalue weighted by Gasteiger charge is 2.23. The number of rotatable bonds is 8. The Labute approximate surface area is 200 Å². The summed E-state index contributed by atoms with van der Waals surface area (Å²) in [5.74, 6) is -0.0910. The molecule has 10 heteroatoms. The van der Waals surface area contributed by atoms with E-state index < -0.39 is 15.9 Å². The lowest BCUT2D eigenvalue weighted by Gasteiger charge is -2.16. The average Bonchev–Trinajstić information content (AvgIpc) is 3.50. The van der Waals surface area contributed by atoms with Crippen LogP contribution in [0.3, 0.4) is 0 Å². The molecule has 0 aliphatic rings. The number of nitrogens with zero attached hydrogens (tertiary/aromatic N) is 2. The minimum atomic E-state index is -3.77. The predicted molar refractivity (Wildman–Crippen MR) is 129 cm³/mol. The van der Waals surface area contributed by atoms with E-state index in [1.54, 1.807) is 12.1 Å². The third-order valence-corrected chi connectivity index (χ3v) is 7.89. The molecule has 0 radical (unpaired) electrons. The lowest BCUT2D eigenvalue weighted by Crippen LogP contribution is -2.26. The highest BCUT2D eigenvalue weighted by molar-refractivity contribution is 7.89. The summed E-state index contributed by atoms with van der Waals surface area (Å²) < 4.78 is 32.0. The molecule has 2 aromatic carbocycles. The maximum absolute atomic E-state index is 12.8. The van der Waals surface area contributed by atoms with Crippen LogP contribution in [0.2, 0.25) is 0 Å². The van der Waals surface area contributed by atoms with Crippen LogP contribution in [0.4, 0.5) is 5.13 Å². The molecular weight excluding hydrogens is 474 g/mol. The summed E-state index contributed by atoms with van der Waals surface area (Å²) in [7, 11) is -2.31. The van der Waals surface area contributed by atoms with E-state index in [4.69, 9.17) is 4.42 Å². The molecule has 0 spiro atoms. The quantitative estimate of drug-likeness (QED) is 0.356. The van der Waals surface area contributed by atoms with Crippen LogP contribution in [0, 0.1) is 0 Å². The number of carbonyl (C=O) groups excluding carboxylic acids is 2. The van der Waals surface area contributed by atoms with Gasteiger partial charge in [-0.3, -0.25) is 14.9 Å². The van der Waals surface area contributed by atoms with Crippen LogP contribution in [0.5, 0.6) is 0 Å². The fraction of sp³-hybridized carbons (Fsp3) is 0.125. The van der Waals surface area contributed by atoms with E-state index in [1.807, 2.05) is 30.3 Å². The second-order valence-corrected chi connectivity index (χ2v) is 10.5. The second-order valence-electron chi connectivity index (χ2n) is 7.44. The van der Waals surface area contributed by atoms with Gasteiger partial charge in [0.05, 0.1) is 28.3 Å². The summed E-state index contributed by atoms with van der Waals surface area (Å²) in [5.41, 5.74) is 1.54. The minimum absolute atomic E-state index is 0.0533. The minimum Gasteiger partial charge on any atom is -0.468 e.